The number of nitrogens with one attached hydrogen (secondary N) is 1. The smallest absolute Gasteiger partial charge is 0.0855 e. The maximum atomic E-state index is 4.96. The molecule has 0 aliphatic carbocycles. The molecule has 0 atom stereocenters. The first-order valence-electron chi connectivity index (χ1n) is 5.27. The van der Waals surface area contributed by atoms with Crippen molar-refractivity contribution >= 4 is 23.9 Å². The fraction of sp³-hybridized carbons (Fsp3) is 0.364. The molecule has 92 valence electrons. The monoisotopic (exact) mass is 252 g/mol. The number of pyridine rings is 1. The van der Waals surface area contributed by atoms with Crippen LogP contribution in [0.3, 0.4) is 0 Å². The van der Waals surface area contributed by atoms with Crippen molar-refractivity contribution in [1.82, 2.24) is 15.5 Å². The van der Waals surface area contributed by atoms with Gasteiger partial charge in [-0.15, -0.1) is 0 Å². The Hall–Kier alpha value is -1.53. The van der Waals surface area contributed by atoms with E-state index in [-0.39, 0.29) is 0 Å². The molecule has 0 saturated carbocycles. The number of thiocarbonyl (C=S) groups is 1. The molecular weight excluding hydrogens is 236 g/mol. The highest BCUT2D eigenvalue weighted by molar-refractivity contribution is 7.78. The molecule has 5 nitrogen and oxygen atoms in total. The number of hydrazone groups is 1. The van der Waals surface area contributed by atoms with Crippen LogP contribution in [-0.2, 0) is 4.74 Å². The van der Waals surface area contributed by atoms with Gasteiger partial charge in [0, 0.05) is 26.5 Å². The molecule has 0 fully saturated rings. The standard InChI is InChI=1S/C11H16N4OS/c1-16-8-4-7-15(10-17)14-13-9-11-5-2-3-6-12-11/h2-3,5-6,9-10,14H,4,7-8H2,1H3. The van der Waals surface area contributed by atoms with Gasteiger partial charge in [0.25, 0.3) is 0 Å². The minimum absolute atomic E-state index is 0.700. The molecule has 0 aromatic carbocycles. The van der Waals surface area contributed by atoms with Crippen LogP contribution >= 0.6 is 12.2 Å². The Kier molecular flexibility index (Phi) is 6.85. The predicted molar refractivity (Wildman–Crippen MR) is 71.8 cm³/mol. The highest BCUT2D eigenvalue weighted by Crippen LogP contribution is 1.89. The van der Waals surface area contributed by atoms with E-state index in [9.17, 15) is 0 Å². The molecule has 0 amide bonds. The van der Waals surface area contributed by atoms with Crippen LogP contribution < -0.4 is 5.53 Å². The third-order valence-corrected chi connectivity index (χ3v) is 2.20. The Bertz CT molecular complexity index is 345. The predicted octanol–water partition coefficient (Wildman–Crippen LogP) is 1.22. The van der Waals surface area contributed by atoms with Gasteiger partial charge in [-0.05, 0) is 18.6 Å². The first-order chi connectivity index (χ1) is 8.36. The highest BCUT2D eigenvalue weighted by Gasteiger charge is 1.95. The van der Waals surface area contributed by atoms with Crippen LogP contribution in [0, 0.1) is 0 Å². The van der Waals surface area contributed by atoms with Crippen molar-refractivity contribution in [3.05, 3.63) is 30.1 Å². The molecule has 0 bridgehead atoms. The lowest BCUT2D eigenvalue weighted by molar-refractivity contribution is 0.180. The normalized spacial score (nSPS) is 10.4. The van der Waals surface area contributed by atoms with E-state index in [1.165, 1.54) is 5.49 Å². The summed E-state index contributed by atoms with van der Waals surface area (Å²) in [5.74, 6) is 0. The van der Waals surface area contributed by atoms with Gasteiger partial charge < -0.3 is 4.74 Å². The lowest BCUT2D eigenvalue weighted by Gasteiger charge is -2.16. The number of hydrogen-bond acceptors (Lipinski definition) is 5. The van der Waals surface area contributed by atoms with Crippen molar-refractivity contribution < 1.29 is 4.74 Å². The third-order valence-electron chi connectivity index (χ3n) is 1.95. The number of aromatic nitrogens is 1. The van der Waals surface area contributed by atoms with Gasteiger partial charge in [-0.3, -0.25) is 9.99 Å². The molecule has 0 radical (unpaired) electrons. The van der Waals surface area contributed by atoms with Gasteiger partial charge in [-0.25, -0.2) is 5.53 Å². The summed E-state index contributed by atoms with van der Waals surface area (Å²) in [4.78, 5) is 4.11. The van der Waals surface area contributed by atoms with E-state index < -0.39 is 0 Å². The average Bonchev–Trinajstić information content (AvgIpc) is 2.38. The van der Waals surface area contributed by atoms with Crippen LogP contribution in [0.2, 0.25) is 0 Å². The van der Waals surface area contributed by atoms with E-state index in [2.05, 4.69) is 15.6 Å². The quantitative estimate of drug-likeness (QED) is 0.326. The topological polar surface area (TPSA) is 49.8 Å². The fourth-order valence-corrected chi connectivity index (χ4v) is 1.28. The Morgan fingerprint density at radius 1 is 1.59 bits per heavy atom. The molecule has 17 heavy (non-hydrogen) atoms. The Morgan fingerprint density at radius 2 is 2.47 bits per heavy atom. The molecule has 0 aliphatic heterocycles. The minimum atomic E-state index is 0.700. The second kappa shape index (κ2) is 8.60. The van der Waals surface area contributed by atoms with E-state index in [4.69, 9.17) is 17.0 Å². The van der Waals surface area contributed by atoms with E-state index in [0.717, 1.165) is 18.7 Å². The number of hydrogen-bond donors (Lipinski definition) is 1. The van der Waals surface area contributed by atoms with Gasteiger partial charge in [0.1, 0.15) is 0 Å². The maximum absolute atomic E-state index is 4.96. The average molecular weight is 252 g/mol. The lowest BCUT2D eigenvalue weighted by Crippen LogP contribution is -2.33. The molecule has 1 rings (SSSR count). The highest BCUT2D eigenvalue weighted by atomic mass is 32.1. The number of nitrogens with zero attached hydrogens (tertiary/aromatic N) is 3. The summed E-state index contributed by atoms with van der Waals surface area (Å²) >= 11 is 4.86. The summed E-state index contributed by atoms with van der Waals surface area (Å²) in [5, 5.41) is 5.76. The van der Waals surface area contributed by atoms with Crippen LogP contribution in [0.15, 0.2) is 29.5 Å². The van der Waals surface area contributed by atoms with Crippen LogP contribution in [0.5, 0.6) is 0 Å². The largest absolute Gasteiger partial charge is 0.385 e. The molecule has 0 spiro atoms. The van der Waals surface area contributed by atoms with Crippen molar-refractivity contribution in [2.45, 2.75) is 6.42 Å². The molecule has 0 unspecified atom stereocenters. The summed E-state index contributed by atoms with van der Waals surface area (Å²) in [6.45, 7) is 1.45. The van der Waals surface area contributed by atoms with Gasteiger partial charge >= 0.3 is 0 Å². The van der Waals surface area contributed by atoms with E-state index in [0.29, 0.717) is 6.61 Å². The van der Waals surface area contributed by atoms with E-state index in [1.54, 1.807) is 24.5 Å². The third kappa shape index (κ3) is 5.94. The molecule has 1 heterocycles. The molecule has 1 aromatic rings. The molecular formula is C11H16N4OS. The molecule has 0 saturated heterocycles. The molecule has 6 heteroatoms. The zero-order valence-electron chi connectivity index (χ0n) is 9.74. The summed E-state index contributed by atoms with van der Waals surface area (Å²) < 4.78 is 4.96. The Labute approximate surface area is 106 Å². The molecule has 0 aliphatic rings. The number of ether oxygens (including phenoxy) is 1. The van der Waals surface area contributed by atoms with Crippen molar-refractivity contribution in [3.63, 3.8) is 0 Å². The zero-order valence-corrected chi connectivity index (χ0v) is 10.6. The maximum Gasteiger partial charge on any atom is 0.0855 e. The van der Waals surface area contributed by atoms with Gasteiger partial charge in [-0.1, -0.05) is 18.3 Å². The van der Waals surface area contributed by atoms with Gasteiger partial charge in [0.05, 0.1) is 17.4 Å². The summed E-state index contributed by atoms with van der Waals surface area (Å²) in [7, 11) is 1.68. The van der Waals surface area contributed by atoms with Crippen LogP contribution in [-0.4, -0.2) is 42.0 Å². The van der Waals surface area contributed by atoms with E-state index in [1.807, 2.05) is 18.2 Å². The second-order valence-electron chi connectivity index (χ2n) is 3.26. The molecule has 1 N–H and O–H groups in total. The lowest BCUT2D eigenvalue weighted by atomic mass is 10.4. The first-order valence-corrected chi connectivity index (χ1v) is 5.74. The van der Waals surface area contributed by atoms with Crippen molar-refractivity contribution in [2.75, 3.05) is 20.3 Å². The summed E-state index contributed by atoms with van der Waals surface area (Å²) in [6, 6.07) is 5.64. The van der Waals surface area contributed by atoms with Crippen LogP contribution in [0.25, 0.3) is 0 Å². The minimum Gasteiger partial charge on any atom is -0.385 e. The van der Waals surface area contributed by atoms with Crippen molar-refractivity contribution in [3.8, 4) is 0 Å². The number of rotatable bonds is 8. The van der Waals surface area contributed by atoms with Crippen LogP contribution in [0.4, 0.5) is 0 Å². The Balaban J connectivity index is 2.32. The van der Waals surface area contributed by atoms with Crippen molar-refractivity contribution in [2.24, 2.45) is 5.10 Å². The zero-order chi connectivity index (χ0) is 12.3. The number of hydrazine groups is 1. The van der Waals surface area contributed by atoms with Gasteiger partial charge in [0.15, 0.2) is 0 Å². The van der Waals surface area contributed by atoms with Gasteiger partial charge in [-0.2, -0.15) is 5.10 Å². The van der Waals surface area contributed by atoms with Crippen LogP contribution in [0.1, 0.15) is 12.1 Å². The summed E-state index contributed by atoms with van der Waals surface area (Å²) in [5.41, 5.74) is 5.14. The number of methoxy groups -OCH3 is 1. The summed E-state index contributed by atoms with van der Waals surface area (Å²) in [6.07, 6.45) is 4.24. The van der Waals surface area contributed by atoms with Gasteiger partial charge in [0.2, 0.25) is 0 Å². The Morgan fingerprint density at radius 3 is 3.12 bits per heavy atom. The molecule has 1 aromatic heterocycles. The van der Waals surface area contributed by atoms with E-state index >= 15 is 0 Å². The fourth-order valence-electron chi connectivity index (χ4n) is 1.13. The SMILES string of the molecule is COCCCN(C=S)NN=Cc1ccccn1. The first kappa shape index (κ1) is 13.5. The second-order valence-corrected chi connectivity index (χ2v) is 3.47. The van der Waals surface area contributed by atoms with Crippen molar-refractivity contribution in [1.29, 1.82) is 0 Å².